The van der Waals surface area contributed by atoms with Gasteiger partial charge in [0.25, 0.3) is 0 Å². The van der Waals surface area contributed by atoms with E-state index >= 15 is 0 Å². The number of benzene rings is 1. The summed E-state index contributed by atoms with van der Waals surface area (Å²) >= 11 is 0. The van der Waals surface area contributed by atoms with Crippen LogP contribution in [0.4, 0.5) is 18.9 Å². The minimum atomic E-state index is -4.71. The second-order valence-electron chi connectivity index (χ2n) is 11.6. The smallest absolute Gasteiger partial charge is 0.440 e. The van der Waals surface area contributed by atoms with Gasteiger partial charge >= 0.3 is 6.18 Å². The third-order valence-corrected chi connectivity index (χ3v) is 10.8. The number of alkyl halides is 3. The molecule has 0 bridgehead atoms. The third-order valence-electron chi connectivity index (χ3n) is 9.17. The molecule has 3 aliphatic rings. The number of oxazole rings is 1. The quantitative estimate of drug-likeness (QED) is 0.310. The van der Waals surface area contributed by atoms with E-state index in [4.69, 9.17) is 15.1 Å². The largest absolute Gasteiger partial charge is 0.451 e. The van der Waals surface area contributed by atoms with Crippen molar-refractivity contribution in [2.45, 2.75) is 50.6 Å². The average Bonchev–Trinajstić information content (AvgIpc) is 3.68. The maximum atomic E-state index is 13.3. The number of amides is 1. The van der Waals surface area contributed by atoms with Gasteiger partial charge in [-0.05, 0) is 37.8 Å². The molecule has 0 spiro atoms. The van der Waals surface area contributed by atoms with Gasteiger partial charge in [-0.1, -0.05) is 25.0 Å². The number of hydrogen-bond donors (Lipinski definition) is 3. The Bertz CT molecular complexity index is 1560. The first kappa shape index (κ1) is 29.4. The minimum absolute atomic E-state index is 0.00483. The van der Waals surface area contributed by atoms with Crippen LogP contribution >= 0.6 is 10.6 Å². The summed E-state index contributed by atoms with van der Waals surface area (Å²) in [7, 11) is -2.55. The lowest BCUT2D eigenvalue weighted by Gasteiger charge is -2.44. The second-order valence-corrected chi connectivity index (χ2v) is 14.0. The van der Waals surface area contributed by atoms with E-state index in [0.29, 0.717) is 55.8 Å². The first-order valence-electron chi connectivity index (χ1n) is 14.1. The first-order valence-corrected chi connectivity index (χ1v) is 16.0. The van der Waals surface area contributed by atoms with Crippen molar-refractivity contribution in [3.63, 3.8) is 0 Å². The molecular weight excluding hydrogens is 585 g/mol. The van der Waals surface area contributed by atoms with E-state index in [1.807, 2.05) is 24.3 Å². The lowest BCUT2D eigenvalue weighted by atomic mass is 9.56. The summed E-state index contributed by atoms with van der Waals surface area (Å²) in [5.41, 5.74) is 6.06. The van der Waals surface area contributed by atoms with Gasteiger partial charge in [-0.3, -0.25) is 13.9 Å². The Hall–Kier alpha value is -3.67. The van der Waals surface area contributed by atoms with Crippen LogP contribution in [0.15, 0.2) is 41.1 Å². The molecule has 6 rings (SSSR count). The number of nitrogens with two attached hydrogens (primary N) is 1. The highest BCUT2D eigenvalue weighted by Crippen LogP contribution is 2.68. The molecule has 228 valence electrons. The van der Waals surface area contributed by atoms with Crippen LogP contribution in [-0.2, 0) is 11.0 Å². The summed E-state index contributed by atoms with van der Waals surface area (Å²) in [5, 5.41) is 10.2. The number of rotatable bonds is 6. The van der Waals surface area contributed by atoms with Crippen molar-refractivity contribution in [2.75, 3.05) is 29.5 Å². The van der Waals surface area contributed by atoms with Gasteiger partial charge in [0.05, 0.1) is 34.0 Å². The highest BCUT2D eigenvalue weighted by Gasteiger charge is 2.67. The molecule has 1 saturated heterocycles. The third kappa shape index (κ3) is 5.13. The fraction of sp³-hybridized carbons (Fsp3) is 0.483. The molecule has 43 heavy (non-hydrogen) atoms. The zero-order valence-electron chi connectivity index (χ0n) is 23.2. The number of aromatic nitrogens is 3. The Morgan fingerprint density at radius 3 is 2.28 bits per heavy atom. The average molecular weight is 617 g/mol. The van der Waals surface area contributed by atoms with E-state index in [1.54, 1.807) is 0 Å². The molecule has 2 aliphatic carbocycles. The molecule has 3 aromatic rings. The first-order chi connectivity index (χ1) is 20.4. The molecule has 3 heterocycles. The summed E-state index contributed by atoms with van der Waals surface area (Å²) < 4.78 is 65.6. The van der Waals surface area contributed by atoms with Crippen LogP contribution < -0.4 is 10.6 Å². The highest BCUT2D eigenvalue weighted by molar-refractivity contribution is 8.24. The van der Waals surface area contributed by atoms with Crippen molar-refractivity contribution in [1.82, 2.24) is 15.0 Å². The molecule has 2 saturated carbocycles. The van der Waals surface area contributed by atoms with Crippen LogP contribution in [0.2, 0.25) is 0 Å². The Morgan fingerprint density at radius 2 is 1.72 bits per heavy atom. The monoisotopic (exact) mass is 616 g/mol. The Kier molecular flexibility index (Phi) is 7.18. The Balaban J connectivity index is 1.44. The van der Waals surface area contributed by atoms with Crippen molar-refractivity contribution in [1.29, 1.82) is 5.26 Å². The Labute approximate surface area is 247 Å². The van der Waals surface area contributed by atoms with Crippen molar-refractivity contribution in [2.24, 2.45) is 16.6 Å². The number of hydrogen-bond acceptors (Lipinski definition) is 9. The standard InChI is InChI=1S/C29H31F3N6O4S/c30-29(31,32)26-35-15-19(16-36-26)24-37-22(18-4-6-20(7-5-18)38-11-13-43(40,41)14-12-38)23(42-24)21-3-1-2-8-28(21,25(34)39)27(17-33)9-10-27/h4-7,15-16,21,40-41H,1-3,8-14H2,(H2,34,39). The fourth-order valence-electron chi connectivity index (χ4n) is 6.71. The molecular formula is C29H31F3N6O4S. The highest BCUT2D eigenvalue weighted by atomic mass is 32.3. The zero-order valence-corrected chi connectivity index (χ0v) is 24.0. The van der Waals surface area contributed by atoms with E-state index in [-0.39, 0.29) is 23.0 Å². The second kappa shape index (κ2) is 10.5. The van der Waals surface area contributed by atoms with Gasteiger partial charge in [0.1, 0.15) is 11.5 Å². The lowest BCUT2D eigenvalue weighted by molar-refractivity contribution is -0.145. The summed E-state index contributed by atoms with van der Waals surface area (Å²) in [6.45, 7) is 0.989. The zero-order chi connectivity index (χ0) is 30.6. The molecule has 10 nitrogen and oxygen atoms in total. The molecule has 2 aromatic heterocycles. The van der Waals surface area contributed by atoms with Gasteiger partial charge in [-0.2, -0.15) is 29.0 Å². The van der Waals surface area contributed by atoms with E-state index in [0.717, 1.165) is 30.9 Å². The summed E-state index contributed by atoms with van der Waals surface area (Å²) in [5.74, 6) is -1.49. The van der Waals surface area contributed by atoms with Crippen LogP contribution in [-0.4, -0.2) is 54.6 Å². The van der Waals surface area contributed by atoms with Crippen molar-refractivity contribution in [3.8, 4) is 28.8 Å². The lowest BCUT2D eigenvalue weighted by Crippen LogP contribution is -2.50. The van der Waals surface area contributed by atoms with Gasteiger partial charge in [-0.15, -0.1) is 0 Å². The molecule has 1 aliphatic heterocycles. The van der Waals surface area contributed by atoms with E-state index < -0.39 is 45.2 Å². The van der Waals surface area contributed by atoms with Crippen LogP contribution in [0.5, 0.6) is 0 Å². The SMILES string of the molecule is N#CC1(C2(C(N)=O)CCCCC2c2oc(-c3cnc(C(F)(F)F)nc3)nc2-c2ccc(N3CCS(O)(O)CC3)cc2)CC1. The van der Waals surface area contributed by atoms with Gasteiger partial charge in [0.2, 0.25) is 17.6 Å². The van der Waals surface area contributed by atoms with Crippen molar-refractivity contribution < 1.29 is 31.5 Å². The minimum Gasteiger partial charge on any atom is -0.440 e. The van der Waals surface area contributed by atoms with E-state index in [9.17, 15) is 32.3 Å². The maximum Gasteiger partial charge on any atom is 0.451 e. The van der Waals surface area contributed by atoms with Gasteiger partial charge < -0.3 is 15.1 Å². The molecule has 0 radical (unpaired) electrons. The van der Waals surface area contributed by atoms with Crippen molar-refractivity contribution in [3.05, 3.63) is 48.2 Å². The van der Waals surface area contributed by atoms with Gasteiger partial charge in [0, 0.05) is 42.7 Å². The number of primary amides is 1. The fourth-order valence-corrected chi connectivity index (χ4v) is 7.94. The molecule has 14 heteroatoms. The van der Waals surface area contributed by atoms with Crippen LogP contribution in [0.3, 0.4) is 0 Å². The topological polar surface area (TPSA) is 162 Å². The van der Waals surface area contributed by atoms with Gasteiger partial charge in [-0.25, -0.2) is 15.0 Å². The normalized spacial score (nSPS) is 25.5. The number of nitrogens with zero attached hydrogens (tertiary/aromatic N) is 5. The molecule has 4 N–H and O–H groups in total. The number of carbonyl (C=O) groups is 1. The summed E-state index contributed by atoms with van der Waals surface area (Å²) in [4.78, 5) is 26.9. The summed E-state index contributed by atoms with van der Waals surface area (Å²) in [6.07, 6.45) is 0.814. The molecule has 2 atom stereocenters. The van der Waals surface area contributed by atoms with Crippen molar-refractivity contribution >= 4 is 22.2 Å². The molecule has 2 unspecified atom stereocenters. The molecule has 3 fully saturated rings. The van der Waals surface area contributed by atoms with E-state index in [2.05, 4.69) is 20.9 Å². The maximum absolute atomic E-state index is 13.3. The molecule has 1 aromatic carbocycles. The number of nitriles is 1. The van der Waals surface area contributed by atoms with Crippen LogP contribution in [0.1, 0.15) is 56.0 Å². The van der Waals surface area contributed by atoms with Gasteiger partial charge in [0.15, 0.2) is 0 Å². The number of halogens is 3. The Morgan fingerprint density at radius 1 is 1.07 bits per heavy atom. The predicted molar refractivity (Wildman–Crippen MR) is 153 cm³/mol. The number of anilines is 1. The summed E-state index contributed by atoms with van der Waals surface area (Å²) in [6, 6.07) is 9.82. The van der Waals surface area contributed by atoms with Crippen LogP contribution in [0.25, 0.3) is 22.7 Å². The van der Waals surface area contributed by atoms with Crippen LogP contribution in [0, 0.1) is 22.2 Å². The van der Waals surface area contributed by atoms with E-state index in [1.165, 1.54) is 0 Å². The number of carbonyl (C=O) groups excluding carboxylic acids is 1. The molecule has 1 amide bonds. The predicted octanol–water partition coefficient (Wildman–Crippen LogP) is 5.82.